The van der Waals surface area contributed by atoms with Crippen molar-refractivity contribution < 1.29 is 18.0 Å². The lowest BCUT2D eigenvalue weighted by Crippen LogP contribution is -2.20. The van der Waals surface area contributed by atoms with Crippen LogP contribution in [0, 0.1) is 6.92 Å². The summed E-state index contributed by atoms with van der Waals surface area (Å²) in [4.78, 5) is 20.8. The van der Waals surface area contributed by atoms with E-state index in [4.69, 9.17) is 23.2 Å². The van der Waals surface area contributed by atoms with E-state index < -0.39 is 22.8 Å². The van der Waals surface area contributed by atoms with Crippen molar-refractivity contribution in [3.05, 3.63) is 81.9 Å². The summed E-state index contributed by atoms with van der Waals surface area (Å²) in [6, 6.07) is 11.3. The summed E-state index contributed by atoms with van der Waals surface area (Å²) >= 11 is 11.8. The highest BCUT2D eigenvalue weighted by Crippen LogP contribution is 2.36. The summed E-state index contributed by atoms with van der Waals surface area (Å²) in [7, 11) is 0. The van der Waals surface area contributed by atoms with Gasteiger partial charge >= 0.3 is 12.2 Å². The number of carbonyl (C=O) groups excluding carboxylic acids is 1. The molecule has 0 aliphatic rings. The molecule has 0 atom stereocenters. The van der Waals surface area contributed by atoms with Gasteiger partial charge in [0, 0.05) is 24.1 Å². The Bertz CT molecular complexity index is 1340. The normalized spacial score (nSPS) is 11.6. The molecule has 0 radical (unpaired) electrons. The number of nitrogens with one attached hydrogen (secondary N) is 2. The molecule has 33 heavy (non-hydrogen) atoms. The van der Waals surface area contributed by atoms with Crippen LogP contribution < -0.4 is 10.6 Å². The van der Waals surface area contributed by atoms with Crippen LogP contribution in [0.4, 0.5) is 29.3 Å². The number of hydrogen-bond donors (Lipinski definition) is 2. The summed E-state index contributed by atoms with van der Waals surface area (Å²) in [5, 5.41) is 4.87. The van der Waals surface area contributed by atoms with Gasteiger partial charge in [0.25, 0.3) is 0 Å². The van der Waals surface area contributed by atoms with Crippen molar-refractivity contribution >= 4 is 51.6 Å². The fraction of sp³-hybridized carbons (Fsp3) is 0.136. The van der Waals surface area contributed by atoms with Gasteiger partial charge in [-0.2, -0.15) is 13.2 Å². The molecular weight excluding hydrogens is 478 g/mol. The second-order valence-corrected chi connectivity index (χ2v) is 7.95. The molecule has 0 unspecified atom stereocenters. The highest BCUT2D eigenvalue weighted by atomic mass is 35.5. The van der Waals surface area contributed by atoms with Gasteiger partial charge < -0.3 is 15.2 Å². The first kappa shape index (κ1) is 22.9. The Morgan fingerprint density at radius 3 is 2.39 bits per heavy atom. The number of halogens is 5. The number of amides is 2. The summed E-state index contributed by atoms with van der Waals surface area (Å²) in [6.07, 6.45) is -3.03. The van der Waals surface area contributed by atoms with E-state index in [0.29, 0.717) is 17.4 Å². The van der Waals surface area contributed by atoms with Crippen molar-refractivity contribution in [2.75, 3.05) is 10.6 Å². The lowest BCUT2D eigenvalue weighted by Gasteiger charge is -2.13. The van der Waals surface area contributed by atoms with Crippen LogP contribution in [0.25, 0.3) is 11.0 Å². The number of aromatic nitrogens is 3. The number of fused-ring (bicyclic) bond motifs is 1. The van der Waals surface area contributed by atoms with Gasteiger partial charge in [0.15, 0.2) is 5.15 Å². The maximum absolute atomic E-state index is 13.0. The van der Waals surface area contributed by atoms with Gasteiger partial charge in [-0.05, 0) is 48.9 Å². The zero-order chi connectivity index (χ0) is 23.8. The van der Waals surface area contributed by atoms with Crippen LogP contribution in [0.1, 0.15) is 17.0 Å². The quantitative estimate of drug-likeness (QED) is 0.308. The van der Waals surface area contributed by atoms with Crippen molar-refractivity contribution in [2.45, 2.75) is 19.6 Å². The Morgan fingerprint density at radius 1 is 1.03 bits per heavy atom. The zero-order valence-electron chi connectivity index (χ0n) is 17.0. The number of urea groups is 1. The molecule has 0 fully saturated rings. The fourth-order valence-corrected chi connectivity index (χ4v) is 3.82. The fourth-order valence-electron chi connectivity index (χ4n) is 3.34. The number of benzene rings is 2. The molecule has 11 heteroatoms. The molecule has 0 saturated heterocycles. The van der Waals surface area contributed by atoms with Crippen molar-refractivity contribution in [1.82, 2.24) is 14.5 Å². The molecule has 0 aliphatic heterocycles. The molecule has 2 aromatic heterocycles. The van der Waals surface area contributed by atoms with E-state index >= 15 is 0 Å². The number of carbonyl (C=O) groups is 1. The van der Waals surface area contributed by atoms with Crippen molar-refractivity contribution in [1.29, 1.82) is 0 Å². The second-order valence-electron chi connectivity index (χ2n) is 7.18. The van der Waals surface area contributed by atoms with Crippen LogP contribution in [0.2, 0.25) is 10.2 Å². The molecule has 0 saturated carbocycles. The van der Waals surface area contributed by atoms with Crippen LogP contribution in [0.15, 0.2) is 54.7 Å². The zero-order valence-corrected chi connectivity index (χ0v) is 18.6. The van der Waals surface area contributed by atoms with Crippen molar-refractivity contribution in [3.63, 3.8) is 0 Å². The average Bonchev–Trinajstić information content (AvgIpc) is 3.06. The number of nitrogens with zero attached hydrogens (tertiary/aromatic N) is 3. The monoisotopic (exact) mass is 493 g/mol. The molecule has 4 rings (SSSR count). The van der Waals surface area contributed by atoms with Gasteiger partial charge in [-0.3, -0.25) is 0 Å². The number of rotatable bonds is 4. The Kier molecular flexibility index (Phi) is 6.18. The molecule has 2 N–H and O–H groups in total. The smallest absolute Gasteiger partial charge is 0.321 e. The van der Waals surface area contributed by atoms with E-state index in [-0.39, 0.29) is 5.69 Å². The summed E-state index contributed by atoms with van der Waals surface area (Å²) < 4.78 is 40.9. The Hall–Kier alpha value is -3.30. The molecule has 2 amide bonds. The van der Waals surface area contributed by atoms with Crippen LogP contribution in [0.5, 0.6) is 0 Å². The third kappa shape index (κ3) is 5.04. The van der Waals surface area contributed by atoms with Crippen LogP contribution >= 0.6 is 23.2 Å². The van der Waals surface area contributed by atoms with Gasteiger partial charge in [-0.1, -0.05) is 35.3 Å². The summed E-state index contributed by atoms with van der Waals surface area (Å²) in [5.74, 6) is 0.780. The van der Waals surface area contributed by atoms with E-state index in [1.165, 1.54) is 6.07 Å². The predicted molar refractivity (Wildman–Crippen MR) is 122 cm³/mol. The largest absolute Gasteiger partial charge is 0.417 e. The highest BCUT2D eigenvalue weighted by Gasteiger charge is 2.33. The molecule has 2 heterocycles. The SMILES string of the molecule is Cc1nc2ccnc(Cl)c2n1Cc1ccc(NC(=O)Nc2ccc(Cl)c(C(F)(F)F)c2)cc1. The Labute approximate surface area is 196 Å². The first-order chi connectivity index (χ1) is 15.6. The number of hydrogen-bond acceptors (Lipinski definition) is 3. The minimum atomic E-state index is -4.62. The molecule has 170 valence electrons. The van der Waals surface area contributed by atoms with E-state index in [9.17, 15) is 18.0 Å². The van der Waals surface area contributed by atoms with Crippen LogP contribution in [-0.4, -0.2) is 20.6 Å². The lowest BCUT2D eigenvalue weighted by molar-refractivity contribution is -0.137. The standard InChI is InChI=1S/C22H16Cl2F3N5O/c1-12-29-18-8-9-28-20(24)19(18)32(12)11-13-2-4-14(5-3-13)30-21(33)31-15-6-7-17(23)16(10-15)22(25,26)27/h2-10H,11H2,1H3,(H2,30,31,33). The topological polar surface area (TPSA) is 71.8 Å². The first-order valence-corrected chi connectivity index (χ1v) is 10.4. The summed E-state index contributed by atoms with van der Waals surface area (Å²) in [6.45, 7) is 2.36. The maximum Gasteiger partial charge on any atom is 0.417 e. The number of pyridine rings is 1. The van der Waals surface area contributed by atoms with Crippen molar-refractivity contribution in [3.8, 4) is 0 Å². The molecule has 6 nitrogen and oxygen atoms in total. The second kappa shape index (κ2) is 8.92. The maximum atomic E-state index is 13.0. The summed E-state index contributed by atoms with van der Waals surface area (Å²) in [5.41, 5.74) is 1.82. The number of anilines is 2. The first-order valence-electron chi connectivity index (χ1n) is 9.63. The van der Waals surface area contributed by atoms with Crippen molar-refractivity contribution in [2.24, 2.45) is 0 Å². The third-order valence-corrected chi connectivity index (χ3v) is 5.49. The van der Waals surface area contributed by atoms with Gasteiger partial charge in [0.2, 0.25) is 0 Å². The molecule has 0 bridgehead atoms. The minimum Gasteiger partial charge on any atom is -0.321 e. The van der Waals surface area contributed by atoms with E-state index in [0.717, 1.165) is 34.6 Å². The van der Waals surface area contributed by atoms with Crippen LogP contribution in [0.3, 0.4) is 0 Å². The number of alkyl halides is 3. The van der Waals surface area contributed by atoms with Gasteiger partial charge in [0.1, 0.15) is 11.3 Å². The predicted octanol–water partition coefficient (Wildman–Crippen LogP) is 6.76. The Morgan fingerprint density at radius 2 is 1.70 bits per heavy atom. The minimum absolute atomic E-state index is 0.0335. The molecular formula is C22H16Cl2F3N5O. The van der Waals surface area contributed by atoms with Gasteiger partial charge in [0.05, 0.1) is 16.1 Å². The highest BCUT2D eigenvalue weighted by molar-refractivity contribution is 6.33. The average molecular weight is 494 g/mol. The van der Waals surface area contributed by atoms with Gasteiger partial charge in [-0.15, -0.1) is 0 Å². The molecule has 2 aromatic carbocycles. The molecule has 0 spiro atoms. The van der Waals surface area contributed by atoms with Crippen LogP contribution in [-0.2, 0) is 12.7 Å². The lowest BCUT2D eigenvalue weighted by atomic mass is 10.2. The van der Waals surface area contributed by atoms with E-state index in [2.05, 4.69) is 20.6 Å². The number of aryl methyl sites for hydroxylation is 1. The van der Waals surface area contributed by atoms with E-state index in [1.54, 1.807) is 24.4 Å². The van der Waals surface area contributed by atoms with E-state index in [1.807, 2.05) is 23.6 Å². The number of imidazole rings is 1. The third-order valence-electron chi connectivity index (χ3n) is 4.88. The molecule has 0 aliphatic carbocycles. The molecule has 4 aromatic rings. The van der Waals surface area contributed by atoms with Gasteiger partial charge in [-0.25, -0.2) is 14.8 Å². The Balaban J connectivity index is 1.45.